The number of hydrogen-bond acceptors (Lipinski definition) is 1. The summed E-state index contributed by atoms with van der Waals surface area (Å²) in [7, 11) is 4.31. The van der Waals surface area contributed by atoms with Crippen LogP contribution in [0.3, 0.4) is 0 Å². The van der Waals surface area contributed by atoms with E-state index in [0.717, 1.165) is 3.92 Å². The second-order valence-electron chi connectivity index (χ2n) is 4.39. The average Bonchev–Trinajstić information content (AvgIpc) is 2.11. The van der Waals surface area contributed by atoms with Crippen LogP contribution in [0.4, 0.5) is 0 Å². The quantitative estimate of drug-likeness (QED) is 0.352. The molecule has 0 aromatic carbocycles. The van der Waals surface area contributed by atoms with Gasteiger partial charge in [0.25, 0.3) is 0 Å². The maximum Gasteiger partial charge on any atom is 0.0109 e. The monoisotopic (exact) mass is 311 g/mol. The van der Waals surface area contributed by atoms with E-state index in [1.54, 1.807) is 0 Å². The predicted molar refractivity (Wildman–Crippen MR) is 74.4 cm³/mol. The molecule has 0 aromatic rings. The molecule has 0 aromatic heterocycles. The van der Waals surface area contributed by atoms with Gasteiger partial charge in [-0.15, -0.1) is 0 Å². The molecule has 2 heteroatoms. The van der Waals surface area contributed by atoms with E-state index in [-0.39, 0.29) is 0 Å². The number of nitrogens with zero attached hydrogens (tertiary/aromatic N) is 1. The van der Waals surface area contributed by atoms with Crippen molar-refractivity contribution in [3.05, 3.63) is 0 Å². The number of alkyl halides is 1. The van der Waals surface area contributed by atoms with Crippen molar-refractivity contribution in [2.75, 3.05) is 20.6 Å². The Balaban J connectivity index is 3.05. The first-order valence-electron chi connectivity index (χ1n) is 5.95. The summed E-state index contributed by atoms with van der Waals surface area (Å²) in [5.41, 5.74) is 0. The first kappa shape index (κ1) is 14.7. The normalized spacial score (nSPS) is 13.5. The Hall–Kier alpha value is 0.690. The molecule has 0 bridgehead atoms. The van der Waals surface area contributed by atoms with Crippen LogP contribution >= 0.6 is 22.6 Å². The summed E-state index contributed by atoms with van der Waals surface area (Å²) in [4.78, 5) is 2.28. The molecule has 0 fully saturated rings. The topological polar surface area (TPSA) is 3.24 Å². The zero-order chi connectivity index (χ0) is 10.8. The molecule has 1 nitrogen and oxygen atoms in total. The lowest BCUT2D eigenvalue weighted by molar-refractivity contribution is 0.389. The molecule has 0 spiro atoms. The Morgan fingerprint density at radius 3 is 2.21 bits per heavy atom. The van der Waals surface area contributed by atoms with Crippen molar-refractivity contribution in [2.45, 2.75) is 55.8 Å². The first-order valence-corrected chi connectivity index (χ1v) is 7.20. The molecule has 0 aliphatic carbocycles. The Morgan fingerprint density at radius 2 is 1.64 bits per heavy atom. The molecule has 0 N–H and O–H groups in total. The van der Waals surface area contributed by atoms with Gasteiger partial charge in [0, 0.05) is 3.92 Å². The molecule has 14 heavy (non-hydrogen) atoms. The summed E-state index contributed by atoms with van der Waals surface area (Å²) in [5, 5.41) is 0. The molecule has 0 saturated heterocycles. The average molecular weight is 311 g/mol. The van der Waals surface area contributed by atoms with E-state index in [4.69, 9.17) is 0 Å². The SMILES string of the molecule is CCCC(I)CCCCCCN(C)C. The van der Waals surface area contributed by atoms with Gasteiger partial charge in [-0.25, -0.2) is 0 Å². The third-order valence-electron chi connectivity index (χ3n) is 2.47. The molecular weight excluding hydrogens is 285 g/mol. The highest BCUT2D eigenvalue weighted by Gasteiger charge is 2.01. The fourth-order valence-electron chi connectivity index (χ4n) is 1.60. The van der Waals surface area contributed by atoms with Crippen LogP contribution < -0.4 is 0 Å². The van der Waals surface area contributed by atoms with Gasteiger partial charge >= 0.3 is 0 Å². The number of halogens is 1. The summed E-state index contributed by atoms with van der Waals surface area (Å²) in [5.74, 6) is 0. The molecule has 86 valence electrons. The fourth-order valence-corrected chi connectivity index (χ4v) is 2.67. The highest BCUT2D eigenvalue weighted by molar-refractivity contribution is 14.1. The molecule has 0 aliphatic heterocycles. The molecule has 0 saturated carbocycles. The van der Waals surface area contributed by atoms with Gasteiger partial charge < -0.3 is 4.90 Å². The van der Waals surface area contributed by atoms with Crippen LogP contribution in [0.25, 0.3) is 0 Å². The molecule has 1 unspecified atom stereocenters. The van der Waals surface area contributed by atoms with Crippen molar-refractivity contribution in [1.29, 1.82) is 0 Å². The Labute approximate surface area is 104 Å². The number of unbranched alkanes of at least 4 members (excludes halogenated alkanes) is 3. The summed E-state index contributed by atoms with van der Waals surface area (Å²) < 4.78 is 0.923. The van der Waals surface area contributed by atoms with E-state index in [0.29, 0.717) is 0 Å². The van der Waals surface area contributed by atoms with Gasteiger partial charge in [0.05, 0.1) is 0 Å². The van der Waals surface area contributed by atoms with Crippen LogP contribution in [0.2, 0.25) is 0 Å². The van der Waals surface area contributed by atoms with Gasteiger partial charge in [-0.1, -0.05) is 55.2 Å². The molecule has 0 rings (SSSR count). The van der Waals surface area contributed by atoms with E-state index in [2.05, 4.69) is 48.5 Å². The van der Waals surface area contributed by atoms with Gasteiger partial charge in [0.2, 0.25) is 0 Å². The van der Waals surface area contributed by atoms with E-state index in [9.17, 15) is 0 Å². The third-order valence-corrected chi connectivity index (χ3v) is 3.72. The lowest BCUT2D eigenvalue weighted by atomic mass is 10.1. The lowest BCUT2D eigenvalue weighted by Crippen LogP contribution is -2.12. The Bertz CT molecular complexity index is 115. The summed E-state index contributed by atoms with van der Waals surface area (Å²) >= 11 is 2.60. The molecule has 0 heterocycles. The van der Waals surface area contributed by atoms with Crippen molar-refractivity contribution < 1.29 is 0 Å². The highest BCUT2D eigenvalue weighted by atomic mass is 127. The smallest absolute Gasteiger partial charge is 0.0109 e. The standard InChI is InChI=1S/C12H26IN/c1-4-9-12(13)10-7-5-6-8-11-14(2)3/h12H,4-11H2,1-3H3. The highest BCUT2D eigenvalue weighted by Crippen LogP contribution is 2.16. The second-order valence-corrected chi connectivity index (χ2v) is 6.15. The minimum Gasteiger partial charge on any atom is -0.309 e. The second kappa shape index (κ2) is 10.2. The van der Waals surface area contributed by atoms with Crippen molar-refractivity contribution in [3.63, 3.8) is 0 Å². The number of hydrogen-bond donors (Lipinski definition) is 0. The number of rotatable bonds is 9. The van der Waals surface area contributed by atoms with Crippen LogP contribution in [-0.4, -0.2) is 29.5 Å². The van der Waals surface area contributed by atoms with Crippen molar-refractivity contribution in [1.82, 2.24) is 4.90 Å². The molecule has 1 atom stereocenters. The summed E-state index contributed by atoms with van der Waals surface area (Å²) in [6.45, 7) is 3.53. The predicted octanol–water partition coefficient (Wildman–Crippen LogP) is 4.10. The maximum absolute atomic E-state index is 2.60. The van der Waals surface area contributed by atoms with Crippen LogP contribution in [0.1, 0.15) is 51.9 Å². The van der Waals surface area contributed by atoms with Crippen LogP contribution in [-0.2, 0) is 0 Å². The van der Waals surface area contributed by atoms with Crippen LogP contribution in [0.5, 0.6) is 0 Å². The van der Waals surface area contributed by atoms with Gasteiger partial charge in [0.1, 0.15) is 0 Å². The van der Waals surface area contributed by atoms with Crippen molar-refractivity contribution in [3.8, 4) is 0 Å². The third kappa shape index (κ3) is 10.8. The molecule has 0 amide bonds. The van der Waals surface area contributed by atoms with Crippen molar-refractivity contribution in [2.24, 2.45) is 0 Å². The van der Waals surface area contributed by atoms with E-state index < -0.39 is 0 Å². The largest absolute Gasteiger partial charge is 0.309 e. The lowest BCUT2D eigenvalue weighted by Gasteiger charge is -2.10. The zero-order valence-electron chi connectivity index (χ0n) is 10.1. The van der Waals surface area contributed by atoms with Gasteiger partial charge in [-0.2, -0.15) is 0 Å². The van der Waals surface area contributed by atoms with Crippen LogP contribution in [0, 0.1) is 0 Å². The minimum atomic E-state index is 0.923. The van der Waals surface area contributed by atoms with Gasteiger partial charge in [0.15, 0.2) is 0 Å². The molecule has 0 aliphatic rings. The molecule has 0 radical (unpaired) electrons. The Morgan fingerprint density at radius 1 is 1.00 bits per heavy atom. The van der Waals surface area contributed by atoms with E-state index in [1.165, 1.54) is 51.5 Å². The Kier molecular flexibility index (Phi) is 10.7. The maximum atomic E-state index is 2.60. The van der Waals surface area contributed by atoms with Gasteiger partial charge in [-0.05, 0) is 39.9 Å². The fraction of sp³-hybridized carbons (Fsp3) is 1.00. The van der Waals surface area contributed by atoms with E-state index >= 15 is 0 Å². The van der Waals surface area contributed by atoms with Crippen molar-refractivity contribution >= 4 is 22.6 Å². The first-order chi connectivity index (χ1) is 6.66. The minimum absolute atomic E-state index is 0.923. The van der Waals surface area contributed by atoms with E-state index in [1.807, 2.05) is 0 Å². The van der Waals surface area contributed by atoms with Gasteiger partial charge in [-0.3, -0.25) is 0 Å². The van der Waals surface area contributed by atoms with Crippen LogP contribution in [0.15, 0.2) is 0 Å². The summed E-state index contributed by atoms with van der Waals surface area (Å²) in [6.07, 6.45) is 9.81. The summed E-state index contributed by atoms with van der Waals surface area (Å²) in [6, 6.07) is 0. The zero-order valence-corrected chi connectivity index (χ0v) is 12.2. The molecular formula is C12H26IN.